The Labute approximate surface area is 191 Å². The van der Waals surface area contributed by atoms with Crippen LogP contribution < -0.4 is 32.8 Å². The molecular formula is C30H24B2. The maximum atomic E-state index is 2.30. The molecular weight excluding hydrogens is 382 g/mol. The van der Waals surface area contributed by atoms with Crippen molar-refractivity contribution >= 4 is 46.2 Å². The van der Waals surface area contributed by atoms with Crippen LogP contribution in [0.1, 0.15) is 0 Å². The maximum Gasteiger partial charge on any atom is 0.240 e. The first-order valence-corrected chi connectivity index (χ1v) is 11.2. The fraction of sp³-hybridized carbons (Fsp3) is 0. The average Bonchev–Trinajstić information content (AvgIpc) is 2.88. The van der Waals surface area contributed by atoms with Crippen LogP contribution in [0.5, 0.6) is 0 Å². The summed E-state index contributed by atoms with van der Waals surface area (Å²) in [7, 11) is 0. The first-order valence-electron chi connectivity index (χ1n) is 11.2. The van der Waals surface area contributed by atoms with Gasteiger partial charge in [0.1, 0.15) is 0 Å². The van der Waals surface area contributed by atoms with Gasteiger partial charge in [0.05, 0.1) is 0 Å². The first-order chi connectivity index (χ1) is 15.9. The van der Waals surface area contributed by atoms with Crippen LogP contribution in [0.15, 0.2) is 146 Å². The van der Waals surface area contributed by atoms with Gasteiger partial charge in [-0.05, 0) is 0 Å². The fourth-order valence-electron chi connectivity index (χ4n) is 4.72. The van der Waals surface area contributed by atoms with E-state index in [9.17, 15) is 0 Å². The predicted octanol–water partition coefficient (Wildman–Crippen LogP) is 2.72. The Kier molecular flexibility index (Phi) is 6.03. The summed E-state index contributed by atoms with van der Waals surface area (Å²) in [4.78, 5) is 0. The second-order valence-electron chi connectivity index (χ2n) is 8.14. The van der Waals surface area contributed by atoms with E-state index in [1.54, 1.807) is 0 Å². The van der Waals surface area contributed by atoms with E-state index in [2.05, 4.69) is 146 Å². The highest BCUT2D eigenvalue weighted by Gasteiger charge is 2.29. The SMILES string of the molecule is c1ccc(B(c2ccccc2)c2ccccc2B(c2ccccc2)c2ccccc2)cc1. The van der Waals surface area contributed by atoms with Crippen molar-refractivity contribution < 1.29 is 0 Å². The summed E-state index contributed by atoms with van der Waals surface area (Å²) in [6.45, 7) is 0.340. The third-order valence-electron chi connectivity index (χ3n) is 6.15. The molecule has 0 aliphatic rings. The molecule has 0 bridgehead atoms. The summed E-state index contributed by atoms with van der Waals surface area (Å²) in [6.07, 6.45) is 0. The molecule has 150 valence electrons. The van der Waals surface area contributed by atoms with E-state index >= 15 is 0 Å². The zero-order chi connectivity index (χ0) is 21.6. The number of benzene rings is 5. The Bertz CT molecular complexity index is 1070. The van der Waals surface area contributed by atoms with Gasteiger partial charge in [0.15, 0.2) is 0 Å². The minimum absolute atomic E-state index is 0.170. The Hall–Kier alpha value is -3.77. The molecule has 0 aliphatic carbocycles. The maximum absolute atomic E-state index is 2.30. The Morgan fingerprint density at radius 1 is 0.250 bits per heavy atom. The molecule has 32 heavy (non-hydrogen) atoms. The van der Waals surface area contributed by atoms with Crippen molar-refractivity contribution in [2.24, 2.45) is 0 Å². The molecule has 2 heteroatoms. The van der Waals surface area contributed by atoms with Crippen molar-refractivity contribution in [3.05, 3.63) is 146 Å². The predicted molar refractivity (Wildman–Crippen MR) is 142 cm³/mol. The van der Waals surface area contributed by atoms with Gasteiger partial charge in [0, 0.05) is 0 Å². The molecule has 5 aromatic rings. The molecule has 0 aromatic heterocycles. The molecule has 0 atom stereocenters. The van der Waals surface area contributed by atoms with Crippen LogP contribution in [-0.2, 0) is 0 Å². The van der Waals surface area contributed by atoms with E-state index < -0.39 is 0 Å². The number of hydrogen-bond donors (Lipinski definition) is 0. The molecule has 0 saturated heterocycles. The van der Waals surface area contributed by atoms with Crippen molar-refractivity contribution in [2.75, 3.05) is 0 Å². The molecule has 0 radical (unpaired) electrons. The molecule has 5 rings (SSSR count). The van der Waals surface area contributed by atoms with Gasteiger partial charge in [-0.15, -0.1) is 0 Å². The summed E-state index contributed by atoms with van der Waals surface area (Å²) in [5, 5.41) is 0. The third kappa shape index (κ3) is 4.18. The first kappa shape index (κ1) is 20.2. The van der Waals surface area contributed by atoms with Gasteiger partial charge in [-0.3, -0.25) is 0 Å². The van der Waals surface area contributed by atoms with Gasteiger partial charge in [0.25, 0.3) is 0 Å². The van der Waals surface area contributed by atoms with E-state index in [1.807, 2.05) is 0 Å². The summed E-state index contributed by atoms with van der Waals surface area (Å²) >= 11 is 0. The van der Waals surface area contributed by atoms with Gasteiger partial charge in [0.2, 0.25) is 13.4 Å². The van der Waals surface area contributed by atoms with Crippen molar-refractivity contribution in [1.29, 1.82) is 0 Å². The standard InChI is InChI=1S/C30H24B2/c1-5-15-25(16-6-1)31(26-17-7-2-8-18-26)29-23-13-14-24-30(29)32(27-19-9-3-10-20-27)28-21-11-4-12-22-28/h1-24H. The molecule has 5 aromatic carbocycles. The second-order valence-corrected chi connectivity index (χ2v) is 8.14. The molecule has 0 amide bonds. The van der Waals surface area contributed by atoms with Crippen LogP contribution in [-0.4, -0.2) is 13.4 Å². The normalized spacial score (nSPS) is 10.5. The average molecular weight is 406 g/mol. The number of hydrogen-bond acceptors (Lipinski definition) is 0. The third-order valence-corrected chi connectivity index (χ3v) is 6.15. The molecule has 0 fully saturated rings. The Balaban J connectivity index is 1.74. The molecule has 0 heterocycles. The molecule has 0 N–H and O–H groups in total. The van der Waals surface area contributed by atoms with E-state index in [1.165, 1.54) is 32.8 Å². The van der Waals surface area contributed by atoms with E-state index in [0.717, 1.165) is 0 Å². The lowest BCUT2D eigenvalue weighted by atomic mass is 9.28. The van der Waals surface area contributed by atoms with Crippen LogP contribution >= 0.6 is 0 Å². The Morgan fingerprint density at radius 2 is 0.469 bits per heavy atom. The summed E-state index contributed by atoms with van der Waals surface area (Å²) in [5.74, 6) is 0. The van der Waals surface area contributed by atoms with Gasteiger partial charge in [-0.2, -0.15) is 0 Å². The van der Waals surface area contributed by atoms with Crippen molar-refractivity contribution in [3.63, 3.8) is 0 Å². The van der Waals surface area contributed by atoms with Crippen LogP contribution in [0.2, 0.25) is 0 Å². The van der Waals surface area contributed by atoms with Gasteiger partial charge in [-0.1, -0.05) is 178 Å². The lowest BCUT2D eigenvalue weighted by Crippen LogP contribution is -2.64. The number of rotatable bonds is 6. The highest BCUT2D eigenvalue weighted by molar-refractivity contribution is 7.04. The molecule has 0 spiro atoms. The van der Waals surface area contributed by atoms with Crippen molar-refractivity contribution in [2.45, 2.75) is 0 Å². The lowest BCUT2D eigenvalue weighted by Gasteiger charge is -2.24. The van der Waals surface area contributed by atoms with Crippen LogP contribution in [0.4, 0.5) is 0 Å². The second kappa shape index (κ2) is 9.58. The highest BCUT2D eigenvalue weighted by Crippen LogP contribution is 1.99. The zero-order valence-electron chi connectivity index (χ0n) is 18.0. The quantitative estimate of drug-likeness (QED) is 0.381. The summed E-state index contributed by atoms with van der Waals surface area (Å²) in [5.41, 5.74) is 7.94. The van der Waals surface area contributed by atoms with Crippen molar-refractivity contribution in [3.8, 4) is 0 Å². The smallest absolute Gasteiger partial charge is 0.0733 e. The molecule has 0 nitrogen and oxygen atoms in total. The van der Waals surface area contributed by atoms with Gasteiger partial charge in [-0.25, -0.2) is 0 Å². The highest BCUT2D eigenvalue weighted by atomic mass is 14.0. The van der Waals surface area contributed by atoms with Crippen molar-refractivity contribution in [1.82, 2.24) is 0 Å². The topological polar surface area (TPSA) is 0 Å². The van der Waals surface area contributed by atoms with Gasteiger partial charge < -0.3 is 0 Å². The van der Waals surface area contributed by atoms with E-state index in [4.69, 9.17) is 0 Å². The molecule has 0 aliphatic heterocycles. The summed E-state index contributed by atoms with van der Waals surface area (Å²) < 4.78 is 0. The minimum atomic E-state index is 0.170. The van der Waals surface area contributed by atoms with E-state index in [0.29, 0.717) is 0 Å². The minimum Gasteiger partial charge on any atom is -0.0733 e. The molecule has 0 saturated carbocycles. The van der Waals surface area contributed by atoms with Gasteiger partial charge >= 0.3 is 0 Å². The summed E-state index contributed by atoms with van der Waals surface area (Å²) in [6, 6.07) is 52.4. The lowest BCUT2D eigenvalue weighted by molar-refractivity contribution is 1.71. The monoisotopic (exact) mass is 406 g/mol. The Morgan fingerprint density at radius 3 is 0.719 bits per heavy atom. The largest absolute Gasteiger partial charge is 0.240 e. The van der Waals surface area contributed by atoms with Crippen LogP contribution in [0, 0.1) is 0 Å². The van der Waals surface area contributed by atoms with Crippen LogP contribution in [0.3, 0.4) is 0 Å². The zero-order valence-corrected chi connectivity index (χ0v) is 18.0. The van der Waals surface area contributed by atoms with Crippen LogP contribution in [0.25, 0.3) is 0 Å². The molecule has 0 unspecified atom stereocenters. The van der Waals surface area contributed by atoms with E-state index in [-0.39, 0.29) is 13.4 Å². The fourth-order valence-corrected chi connectivity index (χ4v) is 4.72.